The summed E-state index contributed by atoms with van der Waals surface area (Å²) in [6.45, 7) is 6.12. The molecule has 1 N–H and O–H groups in total. The fourth-order valence-corrected chi connectivity index (χ4v) is 1.93. The van der Waals surface area contributed by atoms with Crippen molar-refractivity contribution in [2.45, 2.75) is 26.2 Å². The maximum Gasteiger partial charge on any atom is 0.169 e. The van der Waals surface area contributed by atoms with E-state index in [0.29, 0.717) is 11.5 Å². The summed E-state index contributed by atoms with van der Waals surface area (Å²) < 4.78 is 19.1. The molecule has 0 saturated carbocycles. The Morgan fingerprint density at radius 3 is 2.94 bits per heavy atom. The molecular weight excluding hydrogens is 217 g/mol. The number of halogens is 1. The van der Waals surface area contributed by atoms with Gasteiger partial charge in [-0.2, -0.15) is 0 Å². The number of para-hydroxylation sites is 1. The van der Waals surface area contributed by atoms with Crippen molar-refractivity contribution in [2.75, 3.05) is 13.1 Å². The maximum atomic E-state index is 13.5. The van der Waals surface area contributed by atoms with Crippen LogP contribution in [0.1, 0.15) is 31.9 Å². The molecule has 1 unspecified atom stereocenters. The second kappa shape index (κ2) is 5.32. The summed E-state index contributed by atoms with van der Waals surface area (Å²) in [5.74, 6) is 0.886. The quantitative estimate of drug-likeness (QED) is 0.800. The van der Waals surface area contributed by atoms with Gasteiger partial charge in [0.2, 0.25) is 0 Å². The predicted octanol–water partition coefficient (Wildman–Crippen LogP) is 3.68. The van der Waals surface area contributed by atoms with E-state index in [4.69, 9.17) is 4.42 Å². The standard InChI is InChI=1S/C14H18FNO/c1-3-16-8-7-10(2)13-9-11-5-4-6-12(15)14(11)17-13/h4-6,9-10,16H,3,7-8H2,1-2H3. The lowest BCUT2D eigenvalue weighted by atomic mass is 10.0. The van der Waals surface area contributed by atoms with Gasteiger partial charge in [-0.3, -0.25) is 0 Å². The Balaban J connectivity index is 2.16. The Kier molecular flexibility index (Phi) is 3.79. The second-order valence-electron chi connectivity index (χ2n) is 4.35. The summed E-state index contributed by atoms with van der Waals surface area (Å²) >= 11 is 0. The van der Waals surface area contributed by atoms with Crippen molar-refractivity contribution in [1.29, 1.82) is 0 Å². The number of fused-ring (bicyclic) bond motifs is 1. The van der Waals surface area contributed by atoms with Gasteiger partial charge < -0.3 is 9.73 Å². The molecule has 1 aromatic heterocycles. The second-order valence-corrected chi connectivity index (χ2v) is 4.35. The lowest BCUT2D eigenvalue weighted by molar-refractivity contribution is 0.468. The minimum atomic E-state index is -0.285. The first-order valence-corrected chi connectivity index (χ1v) is 6.11. The summed E-state index contributed by atoms with van der Waals surface area (Å²) in [6, 6.07) is 6.96. The van der Waals surface area contributed by atoms with Gasteiger partial charge in [-0.15, -0.1) is 0 Å². The van der Waals surface area contributed by atoms with Gasteiger partial charge >= 0.3 is 0 Å². The molecule has 0 fully saturated rings. The molecule has 1 aromatic carbocycles. The van der Waals surface area contributed by atoms with Crippen LogP contribution in [0.4, 0.5) is 4.39 Å². The Morgan fingerprint density at radius 2 is 2.24 bits per heavy atom. The molecule has 0 bridgehead atoms. The molecule has 0 saturated heterocycles. The average Bonchev–Trinajstić information content (AvgIpc) is 2.75. The van der Waals surface area contributed by atoms with E-state index in [1.165, 1.54) is 6.07 Å². The van der Waals surface area contributed by atoms with Crippen LogP contribution in [-0.4, -0.2) is 13.1 Å². The summed E-state index contributed by atoms with van der Waals surface area (Å²) in [5.41, 5.74) is 0.373. The van der Waals surface area contributed by atoms with E-state index in [9.17, 15) is 4.39 Å². The third-order valence-electron chi connectivity index (χ3n) is 3.00. The van der Waals surface area contributed by atoms with Crippen LogP contribution in [0.5, 0.6) is 0 Å². The Morgan fingerprint density at radius 1 is 1.41 bits per heavy atom. The third-order valence-corrected chi connectivity index (χ3v) is 3.00. The lowest BCUT2D eigenvalue weighted by Crippen LogP contribution is -2.15. The first kappa shape index (κ1) is 12.1. The fraction of sp³-hybridized carbons (Fsp3) is 0.429. The zero-order valence-electron chi connectivity index (χ0n) is 10.3. The van der Waals surface area contributed by atoms with E-state index >= 15 is 0 Å². The van der Waals surface area contributed by atoms with Crippen LogP contribution in [0.2, 0.25) is 0 Å². The molecular formula is C14H18FNO. The number of nitrogens with one attached hydrogen (secondary N) is 1. The lowest BCUT2D eigenvalue weighted by Gasteiger charge is -2.07. The van der Waals surface area contributed by atoms with Crippen LogP contribution in [0.15, 0.2) is 28.7 Å². The largest absolute Gasteiger partial charge is 0.458 e. The molecule has 2 nitrogen and oxygen atoms in total. The fourth-order valence-electron chi connectivity index (χ4n) is 1.93. The van der Waals surface area contributed by atoms with Gasteiger partial charge in [-0.25, -0.2) is 4.39 Å². The van der Waals surface area contributed by atoms with Gasteiger partial charge in [0.15, 0.2) is 11.4 Å². The molecule has 2 aromatic rings. The monoisotopic (exact) mass is 235 g/mol. The summed E-state index contributed by atoms with van der Waals surface area (Å²) in [6.07, 6.45) is 0.995. The van der Waals surface area contributed by atoms with Gasteiger partial charge in [0.05, 0.1) is 0 Å². The van der Waals surface area contributed by atoms with Gasteiger partial charge in [0.1, 0.15) is 5.76 Å². The molecule has 3 heteroatoms. The predicted molar refractivity (Wildman–Crippen MR) is 67.7 cm³/mol. The minimum absolute atomic E-state index is 0.285. The van der Waals surface area contributed by atoms with Crippen LogP contribution < -0.4 is 5.32 Å². The molecule has 0 radical (unpaired) electrons. The van der Waals surface area contributed by atoms with Crippen molar-refractivity contribution in [3.63, 3.8) is 0 Å². The molecule has 1 atom stereocenters. The molecule has 1 heterocycles. The van der Waals surface area contributed by atoms with Crippen LogP contribution >= 0.6 is 0 Å². The molecule has 17 heavy (non-hydrogen) atoms. The smallest absolute Gasteiger partial charge is 0.169 e. The van der Waals surface area contributed by atoms with E-state index in [-0.39, 0.29) is 5.82 Å². The number of furan rings is 1. The van der Waals surface area contributed by atoms with Gasteiger partial charge in [-0.1, -0.05) is 26.0 Å². The van der Waals surface area contributed by atoms with E-state index in [1.54, 1.807) is 6.07 Å². The van der Waals surface area contributed by atoms with E-state index < -0.39 is 0 Å². The zero-order valence-corrected chi connectivity index (χ0v) is 10.3. The third kappa shape index (κ3) is 2.67. The Bertz CT molecular complexity index is 492. The number of benzene rings is 1. The number of rotatable bonds is 5. The molecule has 0 aliphatic carbocycles. The van der Waals surface area contributed by atoms with Crippen molar-refractivity contribution >= 4 is 11.0 Å². The SMILES string of the molecule is CCNCCC(C)c1cc2cccc(F)c2o1. The van der Waals surface area contributed by atoms with E-state index in [2.05, 4.69) is 19.2 Å². The highest BCUT2D eigenvalue weighted by molar-refractivity contribution is 5.78. The Labute approximate surface area is 101 Å². The van der Waals surface area contributed by atoms with E-state index in [1.807, 2.05) is 12.1 Å². The highest BCUT2D eigenvalue weighted by Gasteiger charge is 2.13. The van der Waals surface area contributed by atoms with Crippen LogP contribution in [-0.2, 0) is 0 Å². The Hall–Kier alpha value is -1.35. The number of hydrogen-bond acceptors (Lipinski definition) is 2. The first-order valence-electron chi connectivity index (χ1n) is 6.11. The highest BCUT2D eigenvalue weighted by atomic mass is 19.1. The summed E-state index contributed by atoms with van der Waals surface area (Å²) in [4.78, 5) is 0. The molecule has 0 aliphatic rings. The van der Waals surface area contributed by atoms with Crippen LogP contribution in [0.25, 0.3) is 11.0 Å². The normalized spacial score (nSPS) is 13.1. The zero-order chi connectivity index (χ0) is 12.3. The van der Waals surface area contributed by atoms with Crippen molar-refractivity contribution in [1.82, 2.24) is 5.32 Å². The van der Waals surface area contributed by atoms with Crippen LogP contribution in [0.3, 0.4) is 0 Å². The molecule has 2 rings (SSSR count). The average molecular weight is 235 g/mol. The number of hydrogen-bond donors (Lipinski definition) is 1. The van der Waals surface area contributed by atoms with Gasteiger partial charge in [0.25, 0.3) is 0 Å². The topological polar surface area (TPSA) is 25.2 Å². The van der Waals surface area contributed by atoms with Crippen molar-refractivity contribution in [3.05, 3.63) is 35.8 Å². The minimum Gasteiger partial charge on any atom is -0.458 e. The molecule has 0 aliphatic heterocycles. The van der Waals surface area contributed by atoms with Crippen molar-refractivity contribution in [2.24, 2.45) is 0 Å². The van der Waals surface area contributed by atoms with Crippen LogP contribution in [0, 0.1) is 5.82 Å². The van der Waals surface area contributed by atoms with Gasteiger partial charge in [-0.05, 0) is 31.6 Å². The highest BCUT2D eigenvalue weighted by Crippen LogP contribution is 2.28. The first-order chi connectivity index (χ1) is 8.22. The summed E-state index contributed by atoms with van der Waals surface area (Å²) in [7, 11) is 0. The van der Waals surface area contributed by atoms with E-state index in [0.717, 1.165) is 30.7 Å². The molecule has 0 spiro atoms. The maximum absolute atomic E-state index is 13.5. The summed E-state index contributed by atoms with van der Waals surface area (Å²) in [5, 5.41) is 4.12. The molecule has 92 valence electrons. The van der Waals surface area contributed by atoms with Crippen molar-refractivity contribution < 1.29 is 8.81 Å². The van der Waals surface area contributed by atoms with Gasteiger partial charge in [0, 0.05) is 11.3 Å². The molecule has 0 amide bonds. The van der Waals surface area contributed by atoms with Crippen molar-refractivity contribution in [3.8, 4) is 0 Å².